The first-order chi connectivity index (χ1) is 14.9. The highest BCUT2D eigenvalue weighted by Crippen LogP contribution is 2.37. The average Bonchev–Trinajstić information content (AvgIpc) is 3.23. The molecule has 31 heavy (non-hydrogen) atoms. The van der Waals surface area contributed by atoms with Crippen LogP contribution in [0.15, 0.2) is 24.7 Å². The lowest BCUT2D eigenvalue weighted by atomic mass is 9.94. The molecule has 3 heterocycles. The normalized spacial score (nSPS) is 16.8. The van der Waals surface area contributed by atoms with Crippen LogP contribution in [0, 0.1) is 13.8 Å². The number of hydrogen-bond acceptors (Lipinski definition) is 6. The SMILES string of the molecule is CCOC(=O)c1cnc2c(C)cc(C)cc2c1N1CCCC(c2nncn2C(C)C)C1. The number of esters is 1. The van der Waals surface area contributed by atoms with E-state index in [2.05, 4.69) is 64.5 Å². The standard InChI is InChI=1S/C24H31N5O2/c1-6-31-24(30)20-12-25-21-17(5)10-16(4)11-19(21)22(20)28-9-7-8-18(13-28)23-27-26-14-29(23)15(2)3/h10-12,14-15,18H,6-9,13H2,1-5H3. The number of carbonyl (C=O) groups excluding carboxylic acids is 1. The minimum absolute atomic E-state index is 0.253. The van der Waals surface area contributed by atoms with Crippen molar-refractivity contribution in [1.29, 1.82) is 0 Å². The molecule has 1 aromatic carbocycles. The zero-order chi connectivity index (χ0) is 22.1. The molecule has 0 bridgehead atoms. The quantitative estimate of drug-likeness (QED) is 0.561. The number of nitrogens with zero attached hydrogens (tertiary/aromatic N) is 5. The molecule has 1 aliphatic heterocycles. The molecule has 7 nitrogen and oxygen atoms in total. The first-order valence-electron chi connectivity index (χ1n) is 11.1. The minimum Gasteiger partial charge on any atom is -0.462 e. The molecular weight excluding hydrogens is 390 g/mol. The number of pyridine rings is 1. The summed E-state index contributed by atoms with van der Waals surface area (Å²) in [6, 6.07) is 4.57. The zero-order valence-electron chi connectivity index (χ0n) is 19.1. The van der Waals surface area contributed by atoms with E-state index in [1.807, 2.05) is 13.3 Å². The summed E-state index contributed by atoms with van der Waals surface area (Å²) in [5.74, 6) is 0.949. The van der Waals surface area contributed by atoms with E-state index < -0.39 is 0 Å². The summed E-state index contributed by atoms with van der Waals surface area (Å²) in [5.41, 5.74) is 4.66. The maximum atomic E-state index is 12.9. The van der Waals surface area contributed by atoms with Crippen LogP contribution < -0.4 is 4.90 Å². The highest BCUT2D eigenvalue weighted by molar-refractivity contribution is 6.06. The Morgan fingerprint density at radius 1 is 1.29 bits per heavy atom. The Morgan fingerprint density at radius 2 is 2.10 bits per heavy atom. The van der Waals surface area contributed by atoms with E-state index in [9.17, 15) is 4.79 Å². The number of piperidine rings is 1. The molecule has 164 valence electrons. The molecule has 1 saturated heterocycles. The number of ether oxygens (including phenoxy) is 1. The van der Waals surface area contributed by atoms with Crippen LogP contribution in [0.25, 0.3) is 10.9 Å². The lowest BCUT2D eigenvalue weighted by Crippen LogP contribution is -2.36. The van der Waals surface area contributed by atoms with Gasteiger partial charge in [0.1, 0.15) is 17.7 Å². The van der Waals surface area contributed by atoms with Gasteiger partial charge in [0.05, 0.1) is 17.8 Å². The number of aromatic nitrogens is 4. The predicted molar refractivity (Wildman–Crippen MR) is 122 cm³/mol. The number of rotatable bonds is 5. The molecule has 0 N–H and O–H groups in total. The molecule has 0 radical (unpaired) electrons. The van der Waals surface area contributed by atoms with Crippen molar-refractivity contribution in [2.24, 2.45) is 0 Å². The summed E-state index contributed by atoms with van der Waals surface area (Å²) in [4.78, 5) is 19.8. The van der Waals surface area contributed by atoms with Crippen LogP contribution in [-0.2, 0) is 4.74 Å². The monoisotopic (exact) mass is 421 g/mol. The molecule has 0 spiro atoms. The van der Waals surface area contributed by atoms with Gasteiger partial charge in [0.15, 0.2) is 0 Å². The fourth-order valence-electron chi connectivity index (χ4n) is 4.68. The largest absolute Gasteiger partial charge is 0.462 e. The zero-order valence-corrected chi connectivity index (χ0v) is 19.1. The number of benzene rings is 1. The fourth-order valence-corrected chi connectivity index (χ4v) is 4.68. The van der Waals surface area contributed by atoms with E-state index in [-0.39, 0.29) is 11.9 Å². The molecule has 7 heteroatoms. The summed E-state index contributed by atoms with van der Waals surface area (Å²) < 4.78 is 7.54. The van der Waals surface area contributed by atoms with E-state index in [0.29, 0.717) is 18.2 Å². The highest BCUT2D eigenvalue weighted by atomic mass is 16.5. The van der Waals surface area contributed by atoms with Crippen molar-refractivity contribution in [3.8, 4) is 0 Å². The Kier molecular flexibility index (Phi) is 5.94. The average molecular weight is 422 g/mol. The van der Waals surface area contributed by atoms with Crippen LogP contribution in [0.4, 0.5) is 5.69 Å². The van der Waals surface area contributed by atoms with Gasteiger partial charge < -0.3 is 14.2 Å². The molecule has 3 aromatic rings. The van der Waals surface area contributed by atoms with Crippen LogP contribution in [-0.4, -0.2) is 45.4 Å². The lowest BCUT2D eigenvalue weighted by Gasteiger charge is -2.36. The van der Waals surface area contributed by atoms with Crippen molar-refractivity contribution >= 4 is 22.6 Å². The van der Waals surface area contributed by atoms with Gasteiger partial charge in [-0.15, -0.1) is 10.2 Å². The lowest BCUT2D eigenvalue weighted by molar-refractivity contribution is 0.0526. The molecule has 1 unspecified atom stereocenters. The topological polar surface area (TPSA) is 73.1 Å². The van der Waals surface area contributed by atoms with Gasteiger partial charge in [-0.2, -0.15) is 0 Å². The van der Waals surface area contributed by atoms with Gasteiger partial charge in [-0.25, -0.2) is 4.79 Å². The van der Waals surface area contributed by atoms with Gasteiger partial charge in [0, 0.05) is 36.6 Å². The molecule has 4 rings (SSSR count). The Hall–Kier alpha value is -2.96. The molecule has 1 fully saturated rings. The van der Waals surface area contributed by atoms with Crippen molar-refractivity contribution in [2.45, 2.75) is 59.4 Å². The van der Waals surface area contributed by atoms with Gasteiger partial charge in [-0.05, 0) is 59.1 Å². The number of aryl methyl sites for hydroxylation is 2. The van der Waals surface area contributed by atoms with Gasteiger partial charge in [0.2, 0.25) is 0 Å². The van der Waals surface area contributed by atoms with E-state index in [4.69, 9.17) is 4.74 Å². The maximum Gasteiger partial charge on any atom is 0.341 e. The van der Waals surface area contributed by atoms with E-state index in [0.717, 1.165) is 59.5 Å². The summed E-state index contributed by atoms with van der Waals surface area (Å²) in [6.07, 6.45) is 5.57. The van der Waals surface area contributed by atoms with Crippen LogP contribution >= 0.6 is 0 Å². The second kappa shape index (κ2) is 8.65. The van der Waals surface area contributed by atoms with Crippen LogP contribution in [0.3, 0.4) is 0 Å². The summed E-state index contributed by atoms with van der Waals surface area (Å²) in [5, 5.41) is 9.63. The van der Waals surface area contributed by atoms with Crippen LogP contribution in [0.1, 0.15) is 72.9 Å². The Morgan fingerprint density at radius 3 is 2.84 bits per heavy atom. The number of hydrogen-bond donors (Lipinski definition) is 0. The maximum absolute atomic E-state index is 12.9. The predicted octanol–water partition coefficient (Wildman–Crippen LogP) is 4.58. The van der Waals surface area contributed by atoms with Crippen LogP contribution in [0.2, 0.25) is 0 Å². The third-order valence-corrected chi connectivity index (χ3v) is 6.03. The van der Waals surface area contributed by atoms with Crippen molar-refractivity contribution in [3.05, 3.63) is 47.2 Å². The molecule has 0 amide bonds. The van der Waals surface area contributed by atoms with Crippen molar-refractivity contribution in [2.75, 3.05) is 24.6 Å². The summed E-state index contributed by atoms with van der Waals surface area (Å²) >= 11 is 0. The van der Waals surface area contributed by atoms with Crippen molar-refractivity contribution in [1.82, 2.24) is 19.7 Å². The summed E-state index contributed by atoms with van der Waals surface area (Å²) in [6.45, 7) is 12.3. The molecule has 0 aliphatic carbocycles. The first-order valence-corrected chi connectivity index (χ1v) is 11.1. The van der Waals surface area contributed by atoms with Crippen LogP contribution in [0.5, 0.6) is 0 Å². The third kappa shape index (κ3) is 4.01. The number of carbonyl (C=O) groups is 1. The smallest absolute Gasteiger partial charge is 0.341 e. The van der Waals surface area contributed by atoms with E-state index in [1.54, 1.807) is 6.20 Å². The second-order valence-electron chi connectivity index (χ2n) is 8.69. The van der Waals surface area contributed by atoms with Gasteiger partial charge >= 0.3 is 5.97 Å². The van der Waals surface area contributed by atoms with Gasteiger partial charge in [0.25, 0.3) is 0 Å². The number of fused-ring (bicyclic) bond motifs is 1. The fraction of sp³-hybridized carbons (Fsp3) is 0.500. The minimum atomic E-state index is -0.321. The second-order valence-corrected chi connectivity index (χ2v) is 8.69. The van der Waals surface area contributed by atoms with Crippen molar-refractivity contribution in [3.63, 3.8) is 0 Å². The molecule has 1 atom stereocenters. The molecular formula is C24H31N5O2. The third-order valence-electron chi connectivity index (χ3n) is 6.03. The van der Waals surface area contributed by atoms with Gasteiger partial charge in [-0.3, -0.25) is 4.98 Å². The number of anilines is 1. The van der Waals surface area contributed by atoms with E-state index >= 15 is 0 Å². The Balaban J connectivity index is 1.82. The van der Waals surface area contributed by atoms with Gasteiger partial charge in [-0.1, -0.05) is 11.6 Å². The molecule has 0 saturated carbocycles. The Labute approximate surface area is 183 Å². The molecule has 2 aromatic heterocycles. The molecule has 1 aliphatic rings. The van der Waals surface area contributed by atoms with E-state index in [1.165, 1.54) is 0 Å². The highest BCUT2D eigenvalue weighted by Gasteiger charge is 2.30. The van der Waals surface area contributed by atoms with Crippen molar-refractivity contribution < 1.29 is 9.53 Å². The summed E-state index contributed by atoms with van der Waals surface area (Å²) in [7, 11) is 0. The Bertz CT molecular complexity index is 1100. The first kappa shape index (κ1) is 21.3.